The van der Waals surface area contributed by atoms with Crippen LogP contribution in [-0.2, 0) is 9.59 Å². The van der Waals surface area contributed by atoms with Gasteiger partial charge in [0, 0.05) is 0 Å². The second-order valence-electron chi connectivity index (χ2n) is 5.83. The molecule has 5 heteroatoms. The lowest BCUT2D eigenvalue weighted by Gasteiger charge is -2.17. The number of nitrogens with zero attached hydrogens (tertiary/aromatic N) is 1. The van der Waals surface area contributed by atoms with Crippen LogP contribution in [0.3, 0.4) is 0 Å². The zero-order valence-corrected chi connectivity index (χ0v) is 15.9. The summed E-state index contributed by atoms with van der Waals surface area (Å²) in [6.07, 6.45) is 0. The van der Waals surface area contributed by atoms with Crippen molar-refractivity contribution in [2.75, 3.05) is 17.3 Å². The molecule has 0 saturated heterocycles. The summed E-state index contributed by atoms with van der Waals surface area (Å²) in [4.78, 5) is 28.0. The third kappa shape index (κ3) is 3.27. The van der Waals surface area contributed by atoms with Gasteiger partial charge in [-0.05, 0) is 48.9 Å². The van der Waals surface area contributed by atoms with E-state index >= 15 is 0 Å². The topological polar surface area (TPSA) is 46.6 Å². The molecule has 134 valence electrons. The Morgan fingerprint density at radius 2 is 1.65 bits per heavy atom. The maximum atomic E-state index is 13.2. The number of hydrogen-bond donors (Lipinski definition) is 0. The first-order valence-electron chi connectivity index (χ1n) is 8.63. The van der Waals surface area contributed by atoms with Crippen LogP contribution < -0.4 is 9.64 Å². The lowest BCUT2D eigenvalue weighted by Crippen LogP contribution is -2.31. The van der Waals surface area contributed by atoms with E-state index in [2.05, 4.69) is 0 Å². The number of aryl methyl sites for hydroxylation is 1. The average Bonchev–Trinajstić information content (AvgIpc) is 2.88. The molecule has 2 aromatic rings. The molecule has 0 saturated carbocycles. The molecule has 0 radical (unpaired) electrons. The standard InChI is InChI=1S/C21H21NO3S/c1-4-25-16-12-10-15(11-13-16)18-19(26-5-2)21(24)22(20(18)23)17-9-7-6-8-14(17)3/h6-13H,4-5H2,1-3H3. The molecule has 1 aliphatic rings. The van der Waals surface area contributed by atoms with Crippen LogP contribution in [0.4, 0.5) is 5.69 Å². The predicted octanol–water partition coefficient (Wildman–Crippen LogP) is 4.43. The van der Waals surface area contributed by atoms with Gasteiger partial charge >= 0.3 is 0 Å². The van der Waals surface area contributed by atoms with E-state index < -0.39 is 0 Å². The molecule has 0 unspecified atom stereocenters. The number of ether oxygens (including phenoxy) is 1. The Labute approximate surface area is 157 Å². The lowest BCUT2D eigenvalue weighted by atomic mass is 10.1. The highest BCUT2D eigenvalue weighted by molar-refractivity contribution is 8.04. The highest BCUT2D eigenvalue weighted by Crippen LogP contribution is 2.39. The molecule has 0 atom stereocenters. The van der Waals surface area contributed by atoms with E-state index in [-0.39, 0.29) is 11.8 Å². The fraction of sp³-hybridized carbons (Fsp3) is 0.238. The molecule has 3 rings (SSSR count). The van der Waals surface area contributed by atoms with Gasteiger partial charge < -0.3 is 4.74 Å². The number of thioether (sulfide) groups is 1. The predicted molar refractivity (Wildman–Crippen MR) is 106 cm³/mol. The van der Waals surface area contributed by atoms with E-state index in [1.54, 1.807) is 6.07 Å². The van der Waals surface area contributed by atoms with E-state index in [1.165, 1.54) is 16.7 Å². The molecule has 0 aliphatic carbocycles. The van der Waals surface area contributed by atoms with E-state index in [4.69, 9.17) is 4.74 Å². The van der Waals surface area contributed by atoms with Gasteiger partial charge in [-0.25, -0.2) is 4.90 Å². The van der Waals surface area contributed by atoms with Crippen LogP contribution in [0.15, 0.2) is 53.4 Å². The fourth-order valence-electron chi connectivity index (χ4n) is 2.96. The fourth-order valence-corrected chi connectivity index (χ4v) is 3.81. The van der Waals surface area contributed by atoms with Crippen LogP contribution >= 0.6 is 11.8 Å². The zero-order valence-electron chi connectivity index (χ0n) is 15.1. The highest BCUT2D eigenvalue weighted by Gasteiger charge is 2.40. The monoisotopic (exact) mass is 367 g/mol. The lowest BCUT2D eigenvalue weighted by molar-refractivity contribution is -0.119. The third-order valence-corrected chi connectivity index (χ3v) is 5.10. The van der Waals surface area contributed by atoms with E-state index in [9.17, 15) is 9.59 Å². The summed E-state index contributed by atoms with van der Waals surface area (Å²) in [5.41, 5.74) is 2.73. The molecule has 0 bridgehead atoms. The van der Waals surface area contributed by atoms with Gasteiger partial charge in [-0.15, -0.1) is 11.8 Å². The normalized spacial score (nSPS) is 14.3. The number of amides is 2. The number of rotatable bonds is 6. The molecule has 26 heavy (non-hydrogen) atoms. The van der Waals surface area contributed by atoms with E-state index in [0.717, 1.165) is 22.6 Å². The van der Waals surface area contributed by atoms with Gasteiger partial charge in [0.1, 0.15) is 5.75 Å². The van der Waals surface area contributed by atoms with Crippen molar-refractivity contribution in [3.8, 4) is 5.75 Å². The van der Waals surface area contributed by atoms with Crippen molar-refractivity contribution in [1.82, 2.24) is 0 Å². The number of hydrogen-bond acceptors (Lipinski definition) is 4. The van der Waals surface area contributed by atoms with Gasteiger partial charge in [0.15, 0.2) is 0 Å². The largest absolute Gasteiger partial charge is 0.494 e. The summed E-state index contributed by atoms with van der Waals surface area (Å²) in [7, 11) is 0. The Hall–Kier alpha value is -2.53. The van der Waals surface area contributed by atoms with Crippen LogP contribution in [0.1, 0.15) is 25.0 Å². The van der Waals surface area contributed by atoms with E-state index in [0.29, 0.717) is 22.8 Å². The molecule has 2 amide bonds. The number of para-hydroxylation sites is 1. The summed E-state index contributed by atoms with van der Waals surface area (Å²) >= 11 is 1.41. The van der Waals surface area contributed by atoms with E-state index in [1.807, 2.05) is 63.2 Å². The number of anilines is 1. The van der Waals surface area contributed by atoms with Gasteiger partial charge in [-0.1, -0.05) is 37.3 Å². The number of benzene rings is 2. The van der Waals surface area contributed by atoms with Gasteiger partial charge in [-0.3, -0.25) is 9.59 Å². The number of imide groups is 1. The summed E-state index contributed by atoms with van der Waals surface area (Å²) in [5.74, 6) is 0.940. The van der Waals surface area contributed by atoms with Crippen LogP contribution in [0, 0.1) is 6.92 Å². The molecule has 4 nitrogen and oxygen atoms in total. The second kappa shape index (κ2) is 7.79. The summed E-state index contributed by atoms with van der Waals surface area (Å²) in [6, 6.07) is 14.8. The van der Waals surface area contributed by atoms with Crippen molar-refractivity contribution < 1.29 is 14.3 Å². The minimum Gasteiger partial charge on any atom is -0.494 e. The second-order valence-corrected chi connectivity index (χ2v) is 7.10. The Morgan fingerprint density at radius 3 is 2.27 bits per heavy atom. The van der Waals surface area contributed by atoms with Crippen LogP contribution in [0.5, 0.6) is 5.75 Å². The average molecular weight is 367 g/mol. The molecular formula is C21H21NO3S. The highest BCUT2D eigenvalue weighted by atomic mass is 32.2. The van der Waals surface area contributed by atoms with Crippen molar-refractivity contribution in [1.29, 1.82) is 0 Å². The van der Waals surface area contributed by atoms with Gasteiger partial charge in [0.25, 0.3) is 11.8 Å². The quantitative estimate of drug-likeness (QED) is 0.709. The van der Waals surface area contributed by atoms with Crippen molar-refractivity contribution in [3.05, 3.63) is 64.6 Å². The Kier molecular flexibility index (Phi) is 5.47. The molecule has 1 heterocycles. The molecular weight excluding hydrogens is 346 g/mol. The Morgan fingerprint density at radius 1 is 0.962 bits per heavy atom. The maximum Gasteiger partial charge on any atom is 0.272 e. The van der Waals surface area contributed by atoms with Crippen molar-refractivity contribution >= 4 is 34.8 Å². The first kappa shape index (κ1) is 18.3. The molecule has 0 fully saturated rings. The molecule has 0 N–H and O–H groups in total. The number of carbonyl (C=O) groups excluding carboxylic acids is 2. The van der Waals surface area contributed by atoms with Gasteiger partial charge in [0.2, 0.25) is 0 Å². The minimum absolute atomic E-state index is 0.250. The van der Waals surface area contributed by atoms with Gasteiger partial charge in [-0.2, -0.15) is 0 Å². The zero-order chi connectivity index (χ0) is 18.7. The van der Waals surface area contributed by atoms with Crippen molar-refractivity contribution in [2.45, 2.75) is 20.8 Å². The van der Waals surface area contributed by atoms with Crippen molar-refractivity contribution in [2.24, 2.45) is 0 Å². The summed E-state index contributed by atoms with van der Waals surface area (Å²) in [6.45, 7) is 6.38. The van der Waals surface area contributed by atoms with Crippen LogP contribution in [0.2, 0.25) is 0 Å². The molecule has 0 spiro atoms. The smallest absolute Gasteiger partial charge is 0.272 e. The number of carbonyl (C=O) groups is 2. The molecule has 0 aromatic heterocycles. The summed E-state index contributed by atoms with van der Waals surface area (Å²) < 4.78 is 5.47. The van der Waals surface area contributed by atoms with Crippen LogP contribution in [-0.4, -0.2) is 24.2 Å². The molecule has 2 aromatic carbocycles. The molecule has 1 aliphatic heterocycles. The minimum atomic E-state index is -0.274. The van der Waals surface area contributed by atoms with Crippen molar-refractivity contribution in [3.63, 3.8) is 0 Å². The first-order chi connectivity index (χ1) is 12.6. The third-order valence-electron chi connectivity index (χ3n) is 4.14. The summed E-state index contributed by atoms with van der Waals surface area (Å²) in [5, 5.41) is 0. The Bertz CT molecular complexity index is 871. The maximum absolute atomic E-state index is 13.2. The Balaban J connectivity index is 2.05. The van der Waals surface area contributed by atoms with Gasteiger partial charge in [0.05, 0.1) is 22.8 Å². The SMILES string of the molecule is CCOc1ccc(C2=C(SCC)C(=O)N(c3ccccc3C)C2=O)cc1. The van der Waals surface area contributed by atoms with Crippen LogP contribution in [0.25, 0.3) is 5.57 Å². The first-order valence-corrected chi connectivity index (χ1v) is 9.61.